The highest BCUT2D eigenvalue weighted by molar-refractivity contribution is 6.30. The first kappa shape index (κ1) is 14.2. The van der Waals surface area contributed by atoms with Gasteiger partial charge in [-0.1, -0.05) is 18.5 Å². The second-order valence-corrected chi connectivity index (χ2v) is 4.82. The molecule has 0 unspecified atom stereocenters. The second-order valence-electron chi connectivity index (χ2n) is 4.46. The summed E-state index contributed by atoms with van der Waals surface area (Å²) >= 11 is 6.12. The minimum absolute atomic E-state index is 0.559. The third-order valence-corrected chi connectivity index (χ3v) is 3.04. The van der Waals surface area contributed by atoms with E-state index < -0.39 is 0 Å². The van der Waals surface area contributed by atoms with Crippen LogP contribution in [0.4, 0.5) is 5.82 Å². The summed E-state index contributed by atoms with van der Waals surface area (Å²) in [6.45, 7) is 5.90. The molecule has 0 saturated heterocycles. The number of likely N-dealkylation sites (N-methyl/N-ethyl adjacent to an activating group) is 2. The molecule has 4 nitrogen and oxygen atoms in total. The molecular weight excluding hydrogens is 236 g/mol. The summed E-state index contributed by atoms with van der Waals surface area (Å²) in [4.78, 5) is 13.1. The Morgan fingerprint density at radius 3 is 2.29 bits per heavy atom. The molecule has 0 aliphatic carbocycles. The van der Waals surface area contributed by atoms with Gasteiger partial charge in [0.15, 0.2) is 0 Å². The van der Waals surface area contributed by atoms with Crippen molar-refractivity contribution < 1.29 is 0 Å². The number of halogens is 1. The van der Waals surface area contributed by atoms with E-state index in [1.807, 2.05) is 20.9 Å². The summed E-state index contributed by atoms with van der Waals surface area (Å²) in [7, 11) is 6.16. The Kier molecular flexibility index (Phi) is 5.15. The van der Waals surface area contributed by atoms with Crippen LogP contribution in [0.15, 0.2) is 0 Å². The van der Waals surface area contributed by atoms with Gasteiger partial charge in [-0.25, -0.2) is 9.97 Å². The lowest BCUT2D eigenvalue weighted by Crippen LogP contribution is -2.29. The number of nitrogens with zero attached hydrogens (tertiary/aromatic N) is 4. The molecule has 1 rings (SSSR count). The Hall–Kier alpha value is -0.870. The van der Waals surface area contributed by atoms with Gasteiger partial charge in [-0.05, 0) is 21.0 Å². The molecule has 1 aromatic heterocycles. The summed E-state index contributed by atoms with van der Waals surface area (Å²) in [6, 6.07) is 0. The number of hydrogen-bond donors (Lipinski definition) is 0. The zero-order valence-electron chi connectivity index (χ0n) is 11.3. The summed E-state index contributed by atoms with van der Waals surface area (Å²) in [5.41, 5.74) is 0.949. The Morgan fingerprint density at radius 2 is 1.76 bits per heavy atom. The highest BCUT2D eigenvalue weighted by Crippen LogP contribution is 2.22. The van der Waals surface area contributed by atoms with Gasteiger partial charge < -0.3 is 9.80 Å². The van der Waals surface area contributed by atoms with Gasteiger partial charge in [-0.2, -0.15) is 0 Å². The van der Waals surface area contributed by atoms with Crippen LogP contribution in [-0.2, 0) is 6.42 Å². The van der Waals surface area contributed by atoms with Gasteiger partial charge in [0, 0.05) is 32.1 Å². The van der Waals surface area contributed by atoms with Crippen molar-refractivity contribution >= 4 is 17.4 Å². The van der Waals surface area contributed by atoms with Crippen LogP contribution in [0.1, 0.15) is 18.3 Å². The van der Waals surface area contributed by atoms with E-state index in [9.17, 15) is 0 Å². The van der Waals surface area contributed by atoms with Crippen LogP contribution in [-0.4, -0.2) is 49.1 Å². The molecule has 0 bridgehead atoms. The standard InChI is InChI=1S/C12H21ClN4/c1-6-10-14-11(13)9(2)12(15-10)17(5)8-7-16(3)4/h6-8H2,1-5H3. The van der Waals surface area contributed by atoms with Crippen LogP contribution in [0.3, 0.4) is 0 Å². The molecule has 0 aliphatic rings. The number of anilines is 1. The van der Waals surface area contributed by atoms with E-state index in [2.05, 4.69) is 33.9 Å². The molecule has 0 saturated carbocycles. The van der Waals surface area contributed by atoms with Crippen LogP contribution in [0.2, 0.25) is 5.15 Å². The molecule has 0 atom stereocenters. The van der Waals surface area contributed by atoms with E-state index in [-0.39, 0.29) is 0 Å². The van der Waals surface area contributed by atoms with Gasteiger partial charge in [-0.15, -0.1) is 0 Å². The average molecular weight is 257 g/mol. The first-order valence-corrected chi connectivity index (χ1v) is 6.22. The van der Waals surface area contributed by atoms with Crippen molar-refractivity contribution in [1.82, 2.24) is 14.9 Å². The normalized spacial score (nSPS) is 11.0. The maximum Gasteiger partial charge on any atom is 0.137 e. The molecule has 0 radical (unpaired) electrons. The highest BCUT2D eigenvalue weighted by Gasteiger charge is 2.12. The van der Waals surface area contributed by atoms with Crippen LogP contribution >= 0.6 is 11.6 Å². The SMILES string of the molecule is CCc1nc(Cl)c(C)c(N(C)CCN(C)C)n1. The fraction of sp³-hybridized carbons (Fsp3) is 0.667. The zero-order chi connectivity index (χ0) is 13.0. The molecule has 0 spiro atoms. The number of aryl methyl sites for hydroxylation is 1. The van der Waals surface area contributed by atoms with Crippen molar-refractivity contribution in [3.8, 4) is 0 Å². The first-order chi connectivity index (χ1) is 7.95. The Labute approximate surface area is 109 Å². The lowest BCUT2D eigenvalue weighted by atomic mass is 10.3. The molecular formula is C12H21ClN4. The van der Waals surface area contributed by atoms with Crippen LogP contribution in [0.25, 0.3) is 0 Å². The maximum absolute atomic E-state index is 6.12. The van der Waals surface area contributed by atoms with Crippen LogP contribution in [0, 0.1) is 6.92 Å². The van der Waals surface area contributed by atoms with E-state index >= 15 is 0 Å². The number of rotatable bonds is 5. The first-order valence-electron chi connectivity index (χ1n) is 5.84. The summed E-state index contributed by atoms with van der Waals surface area (Å²) < 4.78 is 0. The monoisotopic (exact) mass is 256 g/mol. The fourth-order valence-corrected chi connectivity index (χ4v) is 1.69. The van der Waals surface area contributed by atoms with Gasteiger partial charge in [0.05, 0.1) is 0 Å². The Balaban J connectivity index is 2.91. The zero-order valence-corrected chi connectivity index (χ0v) is 12.0. The van der Waals surface area contributed by atoms with Crippen LogP contribution in [0.5, 0.6) is 0 Å². The van der Waals surface area contributed by atoms with Gasteiger partial charge >= 0.3 is 0 Å². The smallest absolute Gasteiger partial charge is 0.137 e. The largest absolute Gasteiger partial charge is 0.358 e. The molecule has 5 heteroatoms. The van der Waals surface area contributed by atoms with Gasteiger partial charge in [0.25, 0.3) is 0 Å². The van der Waals surface area contributed by atoms with Crippen molar-refractivity contribution in [2.75, 3.05) is 39.1 Å². The molecule has 0 N–H and O–H groups in total. The number of hydrogen-bond acceptors (Lipinski definition) is 4. The van der Waals surface area contributed by atoms with Gasteiger partial charge in [0.2, 0.25) is 0 Å². The average Bonchev–Trinajstić information content (AvgIpc) is 2.29. The Morgan fingerprint density at radius 1 is 1.12 bits per heavy atom. The molecule has 0 aromatic carbocycles. The van der Waals surface area contributed by atoms with Crippen molar-refractivity contribution in [2.45, 2.75) is 20.3 Å². The van der Waals surface area contributed by atoms with Crippen molar-refractivity contribution in [2.24, 2.45) is 0 Å². The topological polar surface area (TPSA) is 32.3 Å². The molecule has 1 heterocycles. The third-order valence-electron chi connectivity index (χ3n) is 2.67. The molecule has 0 fully saturated rings. The molecule has 0 amide bonds. The molecule has 1 aromatic rings. The lowest BCUT2D eigenvalue weighted by molar-refractivity contribution is 0.416. The van der Waals surface area contributed by atoms with E-state index in [0.717, 1.165) is 36.7 Å². The van der Waals surface area contributed by atoms with E-state index in [4.69, 9.17) is 11.6 Å². The third kappa shape index (κ3) is 3.82. The quantitative estimate of drug-likeness (QED) is 0.755. The predicted molar refractivity (Wildman–Crippen MR) is 73.0 cm³/mol. The number of aromatic nitrogens is 2. The van der Waals surface area contributed by atoms with Crippen molar-refractivity contribution in [3.05, 3.63) is 16.5 Å². The second kappa shape index (κ2) is 6.17. The van der Waals surface area contributed by atoms with Crippen molar-refractivity contribution in [1.29, 1.82) is 0 Å². The molecule has 0 aliphatic heterocycles. The van der Waals surface area contributed by atoms with Crippen molar-refractivity contribution in [3.63, 3.8) is 0 Å². The van der Waals surface area contributed by atoms with E-state index in [0.29, 0.717) is 5.15 Å². The summed E-state index contributed by atoms with van der Waals surface area (Å²) in [5, 5.41) is 0.559. The minimum Gasteiger partial charge on any atom is -0.358 e. The lowest BCUT2D eigenvalue weighted by Gasteiger charge is -2.22. The predicted octanol–water partition coefficient (Wildman–Crippen LogP) is 2.00. The minimum atomic E-state index is 0.559. The van der Waals surface area contributed by atoms with E-state index in [1.165, 1.54) is 0 Å². The maximum atomic E-state index is 6.12. The summed E-state index contributed by atoms with van der Waals surface area (Å²) in [5.74, 6) is 1.73. The van der Waals surface area contributed by atoms with Gasteiger partial charge in [0.1, 0.15) is 16.8 Å². The highest BCUT2D eigenvalue weighted by atomic mass is 35.5. The fourth-order valence-electron chi connectivity index (χ4n) is 1.51. The van der Waals surface area contributed by atoms with E-state index in [1.54, 1.807) is 0 Å². The molecule has 96 valence electrons. The van der Waals surface area contributed by atoms with Crippen LogP contribution < -0.4 is 4.90 Å². The molecule has 17 heavy (non-hydrogen) atoms. The summed E-state index contributed by atoms with van der Waals surface area (Å²) in [6.07, 6.45) is 0.800. The van der Waals surface area contributed by atoms with Gasteiger partial charge in [-0.3, -0.25) is 0 Å². The Bertz CT molecular complexity index is 379.